The van der Waals surface area contributed by atoms with Gasteiger partial charge in [-0.1, -0.05) is 32.3 Å². The van der Waals surface area contributed by atoms with Crippen molar-refractivity contribution in [3.63, 3.8) is 0 Å². The molecule has 15 nitrogen and oxygen atoms in total. The zero-order valence-corrected chi connectivity index (χ0v) is 29.9. The summed E-state index contributed by atoms with van der Waals surface area (Å²) in [6.45, 7) is 4.89. The molecule has 0 spiro atoms. The number of esters is 1. The molecule has 16 heteroatoms. The first-order chi connectivity index (χ1) is 24.3. The largest absolute Gasteiger partial charge is 0.466 e. The van der Waals surface area contributed by atoms with Crippen molar-refractivity contribution in [3.8, 4) is 0 Å². The van der Waals surface area contributed by atoms with Crippen molar-refractivity contribution in [2.24, 2.45) is 7.05 Å². The molecular weight excluding hydrogens is 680 g/mol. The summed E-state index contributed by atoms with van der Waals surface area (Å²) in [6, 6.07) is 17.3. The molecule has 3 N–H and O–H groups in total. The van der Waals surface area contributed by atoms with Gasteiger partial charge in [-0.3, -0.25) is 29.2 Å². The molecule has 4 rings (SSSR count). The maximum atomic E-state index is 13.6. The van der Waals surface area contributed by atoms with Crippen molar-refractivity contribution in [2.45, 2.75) is 52.5 Å². The van der Waals surface area contributed by atoms with Gasteiger partial charge in [0.15, 0.2) is 0 Å². The van der Waals surface area contributed by atoms with Gasteiger partial charge in [0, 0.05) is 36.6 Å². The van der Waals surface area contributed by atoms with Gasteiger partial charge in [0.25, 0.3) is 21.9 Å². The van der Waals surface area contributed by atoms with Gasteiger partial charge in [-0.2, -0.15) is 8.42 Å². The third-order valence-corrected chi connectivity index (χ3v) is 7.28. The maximum absolute atomic E-state index is 13.6. The number of imidazole rings is 1. The third kappa shape index (κ3) is 13.5. The molecule has 0 radical (unpaired) electrons. The highest BCUT2D eigenvalue weighted by Gasteiger charge is 2.21. The van der Waals surface area contributed by atoms with Crippen LogP contribution in [-0.2, 0) is 38.0 Å². The Hall–Kier alpha value is -5.35. The number of carbonyl (C=O) groups is 4. The predicted molar refractivity (Wildman–Crippen MR) is 192 cm³/mol. The summed E-state index contributed by atoms with van der Waals surface area (Å²) in [4.78, 5) is 60.5. The normalized spacial score (nSPS) is 10.8. The Bertz CT molecular complexity index is 1870. The Labute approximate surface area is 297 Å². The number of rotatable bonds is 15. The highest BCUT2D eigenvalue weighted by atomic mass is 32.2. The number of amides is 3. The Kier molecular flexibility index (Phi) is 15.5. The molecule has 0 unspecified atom stereocenters. The first-order valence-corrected chi connectivity index (χ1v) is 18.2. The van der Waals surface area contributed by atoms with Gasteiger partial charge in [0.1, 0.15) is 11.6 Å². The minimum Gasteiger partial charge on any atom is -0.466 e. The van der Waals surface area contributed by atoms with Gasteiger partial charge >= 0.3 is 12.1 Å². The summed E-state index contributed by atoms with van der Waals surface area (Å²) < 4.78 is 37.9. The summed E-state index contributed by atoms with van der Waals surface area (Å²) in [5.74, 6) is -0.0661. The van der Waals surface area contributed by atoms with Gasteiger partial charge in [0.2, 0.25) is 0 Å². The number of anilines is 2. The molecular formula is C35H44N6O9S. The number of hydrogen-bond acceptors (Lipinski definition) is 11. The molecule has 4 aromatic rings. The molecule has 3 amide bonds. The van der Waals surface area contributed by atoms with Gasteiger partial charge in [-0.25, -0.2) is 14.8 Å². The number of ether oxygens (including phenoxy) is 2. The van der Waals surface area contributed by atoms with Crippen molar-refractivity contribution in [1.82, 2.24) is 19.9 Å². The van der Waals surface area contributed by atoms with E-state index in [-0.39, 0.29) is 38.1 Å². The number of aryl methyl sites for hydroxylation is 1. The van der Waals surface area contributed by atoms with Crippen molar-refractivity contribution in [1.29, 1.82) is 0 Å². The molecule has 51 heavy (non-hydrogen) atoms. The Morgan fingerprint density at radius 1 is 0.941 bits per heavy atom. The van der Waals surface area contributed by atoms with E-state index in [2.05, 4.69) is 22.5 Å². The average molecular weight is 725 g/mol. The number of hydrogen-bond donors (Lipinski definition) is 3. The molecule has 2 heterocycles. The summed E-state index contributed by atoms with van der Waals surface area (Å²) in [6.07, 6.45) is 5.51. The summed E-state index contributed by atoms with van der Waals surface area (Å²) in [5.41, 5.74) is 2.98. The summed E-state index contributed by atoms with van der Waals surface area (Å²) in [5, 5.41) is 5.54. The SMILES string of the molecule is CCCCCCOC(=O)NC(=O)c1ccc(NCc2nc3cc(C(=O)N(CCC(=O)OCC)c4ccccn4)ccc3n2C)cc1.CS(=O)(=O)O. The van der Waals surface area contributed by atoms with Crippen LogP contribution >= 0.6 is 0 Å². The van der Waals surface area contributed by atoms with E-state index in [4.69, 9.17) is 19.0 Å². The van der Waals surface area contributed by atoms with Crippen LogP contribution in [0.25, 0.3) is 11.0 Å². The number of nitrogens with zero attached hydrogens (tertiary/aromatic N) is 4. The van der Waals surface area contributed by atoms with E-state index in [1.807, 2.05) is 17.7 Å². The van der Waals surface area contributed by atoms with E-state index < -0.39 is 22.1 Å². The van der Waals surface area contributed by atoms with Crippen LogP contribution in [0.5, 0.6) is 0 Å². The quantitative estimate of drug-likeness (QED) is 0.0831. The van der Waals surface area contributed by atoms with E-state index in [1.165, 1.54) is 4.90 Å². The fourth-order valence-electron chi connectivity index (χ4n) is 4.78. The molecule has 274 valence electrons. The number of alkyl carbamates (subject to hydrolysis) is 1. The van der Waals surface area contributed by atoms with Crippen LogP contribution in [0.1, 0.15) is 72.5 Å². The van der Waals surface area contributed by atoms with Crippen LogP contribution in [0.15, 0.2) is 66.9 Å². The Balaban J connectivity index is 0.00000131. The van der Waals surface area contributed by atoms with Crippen molar-refractivity contribution in [2.75, 3.05) is 36.2 Å². The smallest absolute Gasteiger partial charge is 0.414 e. The lowest BCUT2D eigenvalue weighted by Gasteiger charge is -2.21. The van der Waals surface area contributed by atoms with E-state index >= 15 is 0 Å². The number of imide groups is 1. The van der Waals surface area contributed by atoms with Crippen LogP contribution < -0.4 is 15.5 Å². The van der Waals surface area contributed by atoms with Gasteiger partial charge in [-0.05, 0) is 67.9 Å². The number of unbranched alkanes of at least 4 members (excludes halogenated alkanes) is 3. The molecule has 0 atom stereocenters. The molecule has 0 saturated heterocycles. The first kappa shape index (κ1) is 40.1. The van der Waals surface area contributed by atoms with Crippen molar-refractivity contribution in [3.05, 3.63) is 83.8 Å². The first-order valence-electron chi connectivity index (χ1n) is 16.4. The van der Waals surface area contributed by atoms with Gasteiger partial charge in [0.05, 0.1) is 43.5 Å². The van der Waals surface area contributed by atoms with Gasteiger partial charge in [-0.15, -0.1) is 0 Å². The van der Waals surface area contributed by atoms with Crippen LogP contribution in [0, 0.1) is 0 Å². The van der Waals surface area contributed by atoms with E-state index in [9.17, 15) is 27.6 Å². The molecule has 0 saturated carbocycles. The van der Waals surface area contributed by atoms with E-state index in [1.54, 1.807) is 67.7 Å². The second-order valence-electron chi connectivity index (χ2n) is 11.3. The third-order valence-electron chi connectivity index (χ3n) is 7.28. The number of pyridine rings is 1. The minimum atomic E-state index is -3.67. The van der Waals surface area contributed by atoms with Crippen LogP contribution in [0.3, 0.4) is 0 Å². The maximum Gasteiger partial charge on any atom is 0.414 e. The lowest BCUT2D eigenvalue weighted by molar-refractivity contribution is -0.142. The zero-order valence-electron chi connectivity index (χ0n) is 29.1. The Morgan fingerprint density at radius 2 is 1.65 bits per heavy atom. The van der Waals surface area contributed by atoms with E-state index in [0.29, 0.717) is 35.3 Å². The fraction of sp³-hybridized carbons (Fsp3) is 0.371. The van der Waals surface area contributed by atoms with Crippen molar-refractivity contribution < 1.29 is 41.6 Å². The predicted octanol–water partition coefficient (Wildman–Crippen LogP) is 5.13. The van der Waals surface area contributed by atoms with Crippen LogP contribution in [-0.4, -0.2) is 77.4 Å². The number of aromatic nitrogens is 3. The topological polar surface area (TPSA) is 199 Å². The van der Waals surface area contributed by atoms with Crippen LogP contribution in [0.2, 0.25) is 0 Å². The standard InChI is InChI=1S/C34H40N6O6.CH4O3S/c1-4-6-7-10-21-46-34(44)38-32(42)24-12-15-26(16-13-24)36-23-30-37-27-22-25(14-17-28(27)39(30)3)33(43)40(20-18-31(41)45-5-2)29-11-8-9-19-35-29;1-5(2,3)4/h8-9,11-17,19,22,36H,4-7,10,18,20-21,23H2,1-3H3,(H,38,42,44);1H3,(H,2,3,4). The summed E-state index contributed by atoms with van der Waals surface area (Å²) >= 11 is 0. The zero-order chi connectivity index (χ0) is 37.4. The second kappa shape index (κ2) is 19.7. The number of benzene rings is 2. The number of carbonyl (C=O) groups excluding carboxylic acids is 4. The van der Waals surface area contributed by atoms with Crippen LogP contribution in [0.4, 0.5) is 16.3 Å². The lowest BCUT2D eigenvalue weighted by Crippen LogP contribution is -2.34. The van der Waals surface area contributed by atoms with E-state index in [0.717, 1.165) is 42.7 Å². The molecule has 2 aromatic heterocycles. The molecule has 0 aliphatic rings. The average Bonchev–Trinajstić information content (AvgIpc) is 3.41. The lowest BCUT2D eigenvalue weighted by atomic mass is 10.1. The fourth-order valence-corrected chi connectivity index (χ4v) is 4.78. The number of fused-ring (bicyclic) bond motifs is 1. The summed E-state index contributed by atoms with van der Waals surface area (Å²) in [7, 11) is -1.77. The van der Waals surface area contributed by atoms with Crippen molar-refractivity contribution >= 4 is 56.5 Å². The monoisotopic (exact) mass is 724 g/mol. The number of nitrogens with one attached hydrogen (secondary N) is 2. The molecule has 0 fully saturated rings. The molecule has 0 bridgehead atoms. The minimum absolute atomic E-state index is 0.0369. The molecule has 2 aromatic carbocycles. The molecule has 0 aliphatic heterocycles. The molecule has 0 aliphatic carbocycles. The highest BCUT2D eigenvalue weighted by Crippen LogP contribution is 2.21. The Morgan fingerprint density at radius 3 is 2.29 bits per heavy atom. The second-order valence-corrected chi connectivity index (χ2v) is 12.8. The highest BCUT2D eigenvalue weighted by molar-refractivity contribution is 7.85. The van der Waals surface area contributed by atoms with Gasteiger partial charge < -0.3 is 19.4 Å².